The van der Waals surface area contributed by atoms with Gasteiger partial charge in [-0.05, 0) is 6.42 Å². The second kappa shape index (κ2) is 19.8. The third-order valence-corrected chi connectivity index (χ3v) is 3.85. The van der Waals surface area contributed by atoms with E-state index >= 15 is 0 Å². The van der Waals surface area contributed by atoms with Gasteiger partial charge >= 0.3 is 5.97 Å². The number of hydrogen-bond acceptors (Lipinski definition) is 2. The molecule has 0 amide bonds. The average Bonchev–Trinajstić information content (AvgIpc) is 2.54. The molecule has 24 heavy (non-hydrogen) atoms. The molecule has 0 aromatic rings. The topological polar surface area (TPSA) is 64.9 Å². The van der Waals surface area contributed by atoms with E-state index in [4.69, 9.17) is 5.11 Å². The first-order chi connectivity index (χ1) is 11.5. The zero-order valence-corrected chi connectivity index (χ0v) is 16.7. The molecule has 0 fully saturated rings. The summed E-state index contributed by atoms with van der Waals surface area (Å²) in [5.74, 6) is 0.237. The third-order valence-electron chi connectivity index (χ3n) is 3.85. The van der Waals surface area contributed by atoms with Gasteiger partial charge in [0, 0.05) is 34.6 Å². The van der Waals surface area contributed by atoms with Gasteiger partial charge in [0.2, 0.25) is 0 Å². The van der Waals surface area contributed by atoms with E-state index in [-0.39, 0.29) is 0 Å². The van der Waals surface area contributed by atoms with Crippen molar-refractivity contribution in [3.05, 3.63) is 0 Å². The number of carbonyl (C=O) groups is 1. The number of rotatable bonds is 12. The summed E-state index contributed by atoms with van der Waals surface area (Å²) in [6, 6.07) is 0. The van der Waals surface area contributed by atoms with Crippen LogP contribution in [-0.4, -0.2) is 50.1 Å². The Morgan fingerprint density at radius 2 is 1.33 bits per heavy atom. The van der Waals surface area contributed by atoms with E-state index in [2.05, 4.69) is 17.2 Å². The first kappa shape index (κ1) is 25.0. The smallest absolute Gasteiger partial charge is 0.303 e. The molecular weight excluding hydrogens is 302 g/mol. The van der Waals surface area contributed by atoms with Gasteiger partial charge in [0.25, 0.3) is 0 Å². The van der Waals surface area contributed by atoms with E-state index in [9.17, 15) is 4.79 Å². The lowest BCUT2D eigenvalue weighted by atomic mass is 10.1. The van der Waals surface area contributed by atoms with E-state index in [0.29, 0.717) is 6.42 Å². The van der Waals surface area contributed by atoms with Crippen molar-refractivity contribution in [1.29, 1.82) is 0 Å². The van der Waals surface area contributed by atoms with Crippen LogP contribution in [0, 0.1) is 0 Å². The lowest BCUT2D eigenvalue weighted by molar-refractivity contribution is -0.137. The normalized spacial score (nSPS) is 10.8. The van der Waals surface area contributed by atoms with E-state index in [1.54, 1.807) is 7.05 Å². The molecule has 0 aliphatic heterocycles. The van der Waals surface area contributed by atoms with Gasteiger partial charge in [-0.1, -0.05) is 71.1 Å². The van der Waals surface area contributed by atoms with E-state index in [0.717, 1.165) is 18.8 Å². The Morgan fingerprint density at radius 1 is 0.917 bits per heavy atom. The van der Waals surface area contributed by atoms with Gasteiger partial charge in [0.05, 0.1) is 0 Å². The Bertz CT molecular complexity index is 305. The number of aliphatic carboxylic acids is 1. The van der Waals surface area contributed by atoms with Gasteiger partial charge in [-0.2, -0.15) is 0 Å². The van der Waals surface area contributed by atoms with Crippen molar-refractivity contribution in [2.24, 2.45) is 4.99 Å². The van der Waals surface area contributed by atoms with Crippen LogP contribution >= 0.6 is 0 Å². The molecule has 0 bridgehead atoms. The van der Waals surface area contributed by atoms with Gasteiger partial charge in [0.15, 0.2) is 5.96 Å². The molecule has 2 N–H and O–H groups in total. The fourth-order valence-electron chi connectivity index (χ4n) is 2.48. The summed E-state index contributed by atoms with van der Waals surface area (Å²) in [5.41, 5.74) is 0. The average molecular weight is 344 g/mol. The molecule has 0 rings (SSSR count). The number of nitrogens with zero attached hydrogens (tertiary/aromatic N) is 2. The summed E-state index contributed by atoms with van der Waals surface area (Å²) in [7, 11) is 7.49. The second-order valence-electron chi connectivity index (χ2n) is 6.37. The Labute approximate surface area is 149 Å². The van der Waals surface area contributed by atoms with Crippen molar-refractivity contribution < 1.29 is 9.90 Å². The molecule has 0 unspecified atom stereocenters. The summed E-state index contributed by atoms with van der Waals surface area (Å²) in [5, 5.41) is 11.4. The fraction of sp³-hybridized carbons (Fsp3) is 0.895. The Balaban J connectivity index is 0. The first-order valence-corrected chi connectivity index (χ1v) is 9.53. The molecule has 0 radical (unpaired) electrons. The number of nitrogens with one attached hydrogen (secondary N) is 1. The zero-order chi connectivity index (χ0) is 18.6. The maximum atomic E-state index is 10.3. The maximum Gasteiger partial charge on any atom is 0.303 e. The zero-order valence-electron chi connectivity index (χ0n) is 16.7. The minimum absolute atomic E-state index is 0.344. The van der Waals surface area contributed by atoms with Crippen LogP contribution in [0.5, 0.6) is 0 Å². The number of carboxylic acid groups (broad SMARTS) is 1. The number of unbranched alkanes of at least 4 members (excludes halogenated alkanes) is 10. The van der Waals surface area contributed by atoms with Gasteiger partial charge in [0.1, 0.15) is 0 Å². The Morgan fingerprint density at radius 3 is 1.58 bits per heavy atom. The maximum absolute atomic E-state index is 10.3. The molecular formula is C19H41N3O2. The highest BCUT2D eigenvalue weighted by molar-refractivity contribution is 5.78. The lowest BCUT2D eigenvalue weighted by Crippen LogP contribution is -2.33. The van der Waals surface area contributed by atoms with Crippen molar-refractivity contribution >= 4 is 11.9 Å². The third kappa shape index (κ3) is 20.7. The molecule has 0 aromatic carbocycles. The summed E-state index contributed by atoms with van der Waals surface area (Å²) >= 11 is 0. The Hall–Kier alpha value is -1.26. The molecule has 144 valence electrons. The number of aliphatic imine (C=N–C) groups is 1. The highest BCUT2D eigenvalue weighted by atomic mass is 16.4. The molecule has 0 saturated carbocycles. The van der Waals surface area contributed by atoms with E-state index in [1.807, 2.05) is 26.0 Å². The quantitative estimate of drug-likeness (QED) is 0.310. The first-order valence-electron chi connectivity index (χ1n) is 9.53. The molecule has 5 heteroatoms. The fourth-order valence-corrected chi connectivity index (χ4v) is 2.48. The molecule has 0 heterocycles. The summed E-state index contributed by atoms with van der Waals surface area (Å²) in [6.07, 6.45) is 14.4. The molecule has 5 nitrogen and oxygen atoms in total. The van der Waals surface area contributed by atoms with Crippen LogP contribution in [-0.2, 0) is 4.79 Å². The van der Waals surface area contributed by atoms with Gasteiger partial charge in [-0.15, -0.1) is 0 Å². The number of guanidine groups is 1. The largest absolute Gasteiger partial charge is 0.481 e. The van der Waals surface area contributed by atoms with Crippen LogP contribution < -0.4 is 5.32 Å². The molecule has 0 aliphatic carbocycles. The van der Waals surface area contributed by atoms with Gasteiger partial charge in [-0.25, -0.2) is 0 Å². The molecule has 0 spiro atoms. The van der Waals surface area contributed by atoms with Crippen LogP contribution in [0.2, 0.25) is 0 Å². The van der Waals surface area contributed by atoms with E-state index in [1.165, 1.54) is 57.8 Å². The minimum atomic E-state index is -0.657. The van der Waals surface area contributed by atoms with Crippen LogP contribution in [0.1, 0.15) is 84.0 Å². The van der Waals surface area contributed by atoms with Crippen LogP contribution in [0.4, 0.5) is 0 Å². The summed E-state index contributed by atoms with van der Waals surface area (Å²) < 4.78 is 0. The molecule has 0 atom stereocenters. The summed E-state index contributed by atoms with van der Waals surface area (Å²) in [6.45, 7) is 2.25. The Kier molecular flexibility index (Phi) is 20.6. The minimum Gasteiger partial charge on any atom is -0.481 e. The standard InChI is InChI=1S/C14H28O2.C5H13N3/c1-2-3-4-5-6-7-8-9-10-11-12-13-14(15)16;1-6-5(7-2)8(3)4/h2-13H2,1H3,(H,15,16);1-4H3,(H,6,7). The van der Waals surface area contributed by atoms with Crippen molar-refractivity contribution in [2.45, 2.75) is 84.0 Å². The van der Waals surface area contributed by atoms with Crippen molar-refractivity contribution in [3.8, 4) is 0 Å². The highest BCUT2D eigenvalue weighted by Gasteiger charge is 1.96. The molecule has 0 aromatic heterocycles. The molecule has 0 saturated heterocycles. The van der Waals surface area contributed by atoms with E-state index < -0.39 is 5.97 Å². The van der Waals surface area contributed by atoms with Crippen LogP contribution in [0.3, 0.4) is 0 Å². The van der Waals surface area contributed by atoms with Crippen molar-refractivity contribution in [3.63, 3.8) is 0 Å². The summed E-state index contributed by atoms with van der Waals surface area (Å²) in [4.78, 5) is 16.1. The van der Waals surface area contributed by atoms with Gasteiger partial charge in [-0.3, -0.25) is 9.79 Å². The number of hydrogen-bond donors (Lipinski definition) is 2. The lowest BCUT2D eigenvalue weighted by Gasteiger charge is -2.12. The monoisotopic (exact) mass is 343 g/mol. The van der Waals surface area contributed by atoms with Crippen molar-refractivity contribution in [1.82, 2.24) is 10.2 Å². The van der Waals surface area contributed by atoms with Crippen LogP contribution in [0.25, 0.3) is 0 Å². The van der Waals surface area contributed by atoms with Crippen LogP contribution in [0.15, 0.2) is 4.99 Å². The predicted octanol–water partition coefficient (Wildman–Crippen LogP) is 4.53. The predicted molar refractivity (Wildman–Crippen MR) is 105 cm³/mol. The van der Waals surface area contributed by atoms with Gasteiger partial charge < -0.3 is 15.3 Å². The molecule has 0 aliphatic rings. The highest BCUT2D eigenvalue weighted by Crippen LogP contribution is 2.11. The SMILES string of the molecule is CCCCCCCCCCCCCC(=O)O.CN=C(NC)N(C)C. The number of carboxylic acids is 1. The van der Waals surface area contributed by atoms with Crippen molar-refractivity contribution in [2.75, 3.05) is 28.2 Å². The second-order valence-corrected chi connectivity index (χ2v) is 6.37.